The Morgan fingerprint density at radius 3 is 2.19 bits per heavy atom. The predicted octanol–water partition coefficient (Wildman–Crippen LogP) is 2.13. The molecule has 0 amide bonds. The molecule has 0 radical (unpaired) electrons. The number of aliphatic carboxylic acids is 1. The molecule has 1 aromatic rings. The van der Waals surface area contributed by atoms with E-state index in [1.807, 2.05) is 0 Å². The first-order chi connectivity index (χ1) is 7.41. The Labute approximate surface area is 91.6 Å². The lowest BCUT2D eigenvalue weighted by atomic mass is 10.1. The number of nitrogens with zero attached hydrogens (tertiary/aromatic N) is 1. The molecule has 3 nitrogen and oxygen atoms in total. The maximum atomic E-state index is 13.4. The van der Waals surface area contributed by atoms with Crippen LogP contribution in [-0.2, 0) is 4.79 Å². The second-order valence-electron chi connectivity index (χ2n) is 3.40. The zero-order valence-electron chi connectivity index (χ0n) is 8.87. The van der Waals surface area contributed by atoms with Crippen LogP contribution in [-0.4, -0.2) is 25.2 Å². The highest BCUT2D eigenvalue weighted by Gasteiger charge is 2.11. The lowest BCUT2D eigenvalue weighted by Crippen LogP contribution is -2.13. The van der Waals surface area contributed by atoms with Crippen molar-refractivity contribution in [1.82, 2.24) is 0 Å². The Morgan fingerprint density at radius 1 is 1.31 bits per heavy atom. The first kappa shape index (κ1) is 12.2. The molecule has 86 valence electrons. The second kappa shape index (κ2) is 4.74. The molecular formula is C11H11F2NO2. The van der Waals surface area contributed by atoms with E-state index >= 15 is 0 Å². The van der Waals surface area contributed by atoms with Gasteiger partial charge in [-0.2, -0.15) is 0 Å². The molecular weight excluding hydrogens is 216 g/mol. The van der Waals surface area contributed by atoms with Crippen LogP contribution in [0.3, 0.4) is 0 Å². The van der Waals surface area contributed by atoms with Crippen LogP contribution in [0, 0.1) is 11.6 Å². The molecule has 0 aliphatic carbocycles. The van der Waals surface area contributed by atoms with Crippen molar-refractivity contribution in [3.05, 3.63) is 35.4 Å². The van der Waals surface area contributed by atoms with Crippen LogP contribution in [0.2, 0.25) is 0 Å². The van der Waals surface area contributed by atoms with E-state index < -0.39 is 17.6 Å². The maximum absolute atomic E-state index is 13.4. The van der Waals surface area contributed by atoms with Gasteiger partial charge >= 0.3 is 5.97 Å². The highest BCUT2D eigenvalue weighted by atomic mass is 19.1. The van der Waals surface area contributed by atoms with E-state index in [1.165, 1.54) is 19.0 Å². The van der Waals surface area contributed by atoms with Gasteiger partial charge in [-0.15, -0.1) is 0 Å². The number of halogens is 2. The minimum absolute atomic E-state index is 0.146. The van der Waals surface area contributed by atoms with Gasteiger partial charge in [0.05, 0.1) is 0 Å². The van der Waals surface area contributed by atoms with Gasteiger partial charge < -0.3 is 10.0 Å². The van der Waals surface area contributed by atoms with Crippen LogP contribution in [0.4, 0.5) is 14.5 Å². The van der Waals surface area contributed by atoms with Crippen molar-refractivity contribution in [2.45, 2.75) is 0 Å². The van der Waals surface area contributed by atoms with E-state index in [2.05, 4.69) is 0 Å². The summed E-state index contributed by atoms with van der Waals surface area (Å²) in [6.07, 6.45) is 1.96. The Kier molecular flexibility index (Phi) is 3.60. The SMILES string of the molecule is CN(C)c1c(F)cc(C=CC(=O)O)cc1F. The van der Waals surface area contributed by atoms with Crippen molar-refractivity contribution in [3.8, 4) is 0 Å². The van der Waals surface area contributed by atoms with Gasteiger partial charge in [0.15, 0.2) is 0 Å². The lowest BCUT2D eigenvalue weighted by molar-refractivity contribution is -0.131. The summed E-state index contributed by atoms with van der Waals surface area (Å²) < 4.78 is 26.8. The van der Waals surface area contributed by atoms with Gasteiger partial charge in [-0.3, -0.25) is 0 Å². The van der Waals surface area contributed by atoms with Crippen LogP contribution >= 0.6 is 0 Å². The van der Waals surface area contributed by atoms with Crippen LogP contribution in [0.5, 0.6) is 0 Å². The van der Waals surface area contributed by atoms with Crippen LogP contribution in [0.15, 0.2) is 18.2 Å². The van der Waals surface area contributed by atoms with E-state index in [-0.39, 0.29) is 11.3 Å². The van der Waals surface area contributed by atoms with E-state index in [0.717, 1.165) is 24.3 Å². The molecule has 0 heterocycles. The van der Waals surface area contributed by atoms with Gasteiger partial charge in [0, 0.05) is 20.2 Å². The van der Waals surface area contributed by atoms with E-state index in [0.29, 0.717) is 0 Å². The smallest absolute Gasteiger partial charge is 0.328 e. The van der Waals surface area contributed by atoms with Gasteiger partial charge in [0.25, 0.3) is 0 Å². The molecule has 0 bridgehead atoms. The third-order valence-corrected chi connectivity index (χ3v) is 1.90. The first-order valence-electron chi connectivity index (χ1n) is 4.49. The fraction of sp³-hybridized carbons (Fsp3) is 0.182. The Morgan fingerprint density at radius 2 is 1.81 bits per heavy atom. The molecule has 0 aromatic heterocycles. The van der Waals surface area contributed by atoms with E-state index in [9.17, 15) is 13.6 Å². The molecule has 0 spiro atoms. The van der Waals surface area contributed by atoms with Crippen LogP contribution in [0.1, 0.15) is 5.56 Å². The molecule has 1 rings (SSSR count). The van der Waals surface area contributed by atoms with Gasteiger partial charge in [-0.25, -0.2) is 13.6 Å². The molecule has 16 heavy (non-hydrogen) atoms. The average molecular weight is 227 g/mol. The molecule has 0 unspecified atom stereocenters. The van der Waals surface area contributed by atoms with E-state index in [1.54, 1.807) is 0 Å². The number of hydrogen-bond donors (Lipinski definition) is 1. The molecule has 1 aromatic carbocycles. The lowest BCUT2D eigenvalue weighted by Gasteiger charge is -2.14. The fourth-order valence-electron chi connectivity index (χ4n) is 1.28. The molecule has 1 N–H and O–H groups in total. The van der Waals surface area contributed by atoms with Crippen LogP contribution < -0.4 is 4.90 Å². The highest BCUT2D eigenvalue weighted by Crippen LogP contribution is 2.23. The molecule has 0 saturated heterocycles. The number of hydrogen-bond acceptors (Lipinski definition) is 2. The normalized spacial score (nSPS) is 10.8. The summed E-state index contributed by atoms with van der Waals surface area (Å²) >= 11 is 0. The summed E-state index contributed by atoms with van der Waals surface area (Å²) in [5, 5.41) is 8.37. The Balaban J connectivity index is 3.14. The van der Waals surface area contributed by atoms with Gasteiger partial charge in [-0.05, 0) is 23.8 Å². The first-order valence-corrected chi connectivity index (χ1v) is 4.49. The summed E-state index contributed by atoms with van der Waals surface area (Å²) in [4.78, 5) is 11.5. The third kappa shape index (κ3) is 2.79. The highest BCUT2D eigenvalue weighted by molar-refractivity contribution is 5.85. The molecule has 0 aliphatic heterocycles. The number of benzene rings is 1. The van der Waals surface area contributed by atoms with Gasteiger partial charge in [-0.1, -0.05) is 0 Å². The zero-order chi connectivity index (χ0) is 12.3. The van der Waals surface area contributed by atoms with Crippen molar-refractivity contribution < 1.29 is 18.7 Å². The number of rotatable bonds is 3. The quantitative estimate of drug-likeness (QED) is 0.804. The van der Waals surface area contributed by atoms with Crippen molar-refractivity contribution in [3.63, 3.8) is 0 Å². The Hall–Kier alpha value is -1.91. The van der Waals surface area contributed by atoms with Crippen molar-refractivity contribution in [2.75, 3.05) is 19.0 Å². The summed E-state index contributed by atoms with van der Waals surface area (Å²) in [7, 11) is 3.04. The minimum atomic E-state index is -1.17. The third-order valence-electron chi connectivity index (χ3n) is 1.90. The van der Waals surface area contributed by atoms with Crippen molar-refractivity contribution in [1.29, 1.82) is 0 Å². The molecule has 0 aliphatic rings. The number of carboxylic acids is 1. The predicted molar refractivity (Wildman–Crippen MR) is 57.4 cm³/mol. The molecule has 0 saturated carbocycles. The zero-order valence-corrected chi connectivity index (χ0v) is 8.87. The molecule has 0 fully saturated rings. The summed E-state index contributed by atoms with van der Waals surface area (Å²) in [5.74, 6) is -2.62. The largest absolute Gasteiger partial charge is 0.478 e. The summed E-state index contributed by atoms with van der Waals surface area (Å²) in [5.41, 5.74) is 0.0236. The van der Waals surface area contributed by atoms with Gasteiger partial charge in [0.2, 0.25) is 0 Å². The Bertz CT molecular complexity index is 419. The standard InChI is InChI=1S/C11H11F2NO2/c1-14(2)11-8(12)5-7(6-9(11)13)3-4-10(15)16/h3-6H,1-2H3,(H,15,16). The topological polar surface area (TPSA) is 40.5 Å². The molecule has 0 atom stereocenters. The summed E-state index contributed by atoms with van der Waals surface area (Å²) in [6, 6.07) is 2.16. The molecule has 5 heteroatoms. The van der Waals surface area contributed by atoms with E-state index in [4.69, 9.17) is 5.11 Å². The number of carboxylic acid groups (broad SMARTS) is 1. The number of anilines is 1. The van der Waals surface area contributed by atoms with Gasteiger partial charge in [0.1, 0.15) is 17.3 Å². The maximum Gasteiger partial charge on any atom is 0.328 e. The summed E-state index contributed by atoms with van der Waals surface area (Å²) in [6.45, 7) is 0. The fourth-order valence-corrected chi connectivity index (χ4v) is 1.28. The van der Waals surface area contributed by atoms with Crippen molar-refractivity contribution in [2.24, 2.45) is 0 Å². The average Bonchev–Trinajstić information content (AvgIpc) is 2.12. The van der Waals surface area contributed by atoms with Crippen LogP contribution in [0.25, 0.3) is 6.08 Å². The van der Waals surface area contributed by atoms with Crippen molar-refractivity contribution >= 4 is 17.7 Å². The monoisotopic (exact) mass is 227 g/mol. The number of carbonyl (C=O) groups is 1. The second-order valence-corrected chi connectivity index (χ2v) is 3.40. The minimum Gasteiger partial charge on any atom is -0.478 e.